The number of thioether (sulfide) groups is 1. The zero-order chi connectivity index (χ0) is 22.8. The lowest BCUT2D eigenvalue weighted by atomic mass is 10.1. The number of carbonyl (C=O) groups excluding carboxylic acids is 1. The molecule has 13 heteroatoms. The van der Waals surface area contributed by atoms with Crippen LogP contribution in [0.4, 0.5) is 11.4 Å². The Morgan fingerprint density at radius 3 is 2.66 bits per heavy atom. The molecule has 1 N–H and O–H groups in total. The molecule has 162 valence electrons. The number of benzene rings is 2. The van der Waals surface area contributed by atoms with Crippen molar-refractivity contribution >= 4 is 46.9 Å². The van der Waals surface area contributed by atoms with Crippen molar-refractivity contribution in [2.24, 2.45) is 4.99 Å². The van der Waals surface area contributed by atoms with Gasteiger partial charge in [0.15, 0.2) is 5.50 Å². The van der Waals surface area contributed by atoms with E-state index < -0.39 is 26.7 Å². The molecule has 4 rings (SSSR count). The van der Waals surface area contributed by atoms with Crippen LogP contribution in [0.15, 0.2) is 53.7 Å². The second kappa shape index (κ2) is 8.77. The molecular weight excluding hydrogens is 460 g/mol. The Morgan fingerprint density at radius 2 is 2.00 bits per heavy atom. The lowest BCUT2D eigenvalue weighted by Gasteiger charge is -2.04. The largest absolute Gasteiger partial charge is 0.325 e. The Kier molecular flexibility index (Phi) is 5.88. The van der Waals surface area contributed by atoms with Crippen LogP contribution in [-0.4, -0.2) is 43.0 Å². The highest BCUT2D eigenvalue weighted by Crippen LogP contribution is 2.32. The van der Waals surface area contributed by atoms with E-state index in [1.54, 1.807) is 24.3 Å². The Bertz CT molecular complexity index is 1280. The van der Waals surface area contributed by atoms with E-state index in [1.807, 2.05) is 0 Å². The van der Waals surface area contributed by atoms with Crippen molar-refractivity contribution < 1.29 is 14.6 Å². The number of nitrogens with zero attached hydrogens (tertiary/aromatic N) is 5. The molecule has 0 bridgehead atoms. The van der Waals surface area contributed by atoms with Gasteiger partial charge in [0.1, 0.15) is 11.4 Å². The number of non-ortho nitro benzene ring substituents is 1. The summed E-state index contributed by atoms with van der Waals surface area (Å²) in [5.41, 5.74) is 0.163. The van der Waals surface area contributed by atoms with Crippen LogP contribution in [0.1, 0.15) is 5.56 Å². The molecule has 11 nitrogen and oxygen atoms in total. The van der Waals surface area contributed by atoms with Gasteiger partial charge >= 0.3 is 5.69 Å². The highest BCUT2D eigenvalue weighted by molar-refractivity contribution is 8.01. The number of rotatable bonds is 6. The van der Waals surface area contributed by atoms with Gasteiger partial charge in [-0.2, -0.15) is 5.10 Å². The molecule has 1 atom stereocenters. The molecule has 0 saturated carbocycles. The van der Waals surface area contributed by atoms with E-state index in [-0.39, 0.29) is 11.6 Å². The molecule has 1 aliphatic heterocycles. The molecule has 1 aliphatic rings. The number of nitro benzene ring substituents is 2. The zero-order valence-corrected chi connectivity index (χ0v) is 17.6. The Hall–Kier alpha value is -3.77. The number of aromatic nitrogens is 2. The van der Waals surface area contributed by atoms with E-state index >= 15 is 0 Å². The molecule has 0 radical (unpaired) electrons. The van der Waals surface area contributed by atoms with Crippen LogP contribution in [0.5, 0.6) is 0 Å². The van der Waals surface area contributed by atoms with E-state index in [0.29, 0.717) is 27.6 Å². The number of nitrogens with one attached hydrogen (secondary N) is 1. The highest BCUT2D eigenvalue weighted by atomic mass is 35.5. The molecule has 2 aromatic carbocycles. The van der Waals surface area contributed by atoms with Gasteiger partial charge in [0.2, 0.25) is 5.91 Å². The van der Waals surface area contributed by atoms with Gasteiger partial charge in [0.05, 0.1) is 26.7 Å². The second-order valence-electron chi connectivity index (χ2n) is 6.55. The highest BCUT2D eigenvalue weighted by Gasteiger charge is 2.24. The molecule has 3 aromatic rings. The Morgan fingerprint density at radius 1 is 1.22 bits per heavy atom. The number of halogens is 1. The first kappa shape index (κ1) is 21.5. The fourth-order valence-corrected chi connectivity index (χ4v) is 4.02. The van der Waals surface area contributed by atoms with Gasteiger partial charge in [-0.05, 0) is 12.1 Å². The maximum atomic E-state index is 11.6. The summed E-state index contributed by atoms with van der Waals surface area (Å²) in [6.07, 6.45) is 3.01. The minimum atomic E-state index is -0.711. The fraction of sp³-hybridized carbons (Fsp3) is 0.105. The van der Waals surface area contributed by atoms with Crippen molar-refractivity contribution in [2.45, 2.75) is 5.50 Å². The number of amides is 1. The average Bonchev–Trinajstić information content (AvgIpc) is 3.38. The van der Waals surface area contributed by atoms with Crippen LogP contribution >= 0.6 is 23.4 Å². The maximum Gasteiger partial charge on any atom is 0.301 e. The van der Waals surface area contributed by atoms with E-state index in [9.17, 15) is 25.0 Å². The van der Waals surface area contributed by atoms with E-state index in [0.717, 1.165) is 12.1 Å². The molecule has 2 heterocycles. The standard InChI is InChI=1S/C19H13ClN6O5S/c20-14-4-2-1-3-13(14)18-11(8-21-19-22-17(27)10-32-19)9-24(23-18)15-6-5-12(25(28)29)7-16(15)26(30)31/h1-9,19H,10H2,(H,22,27). The molecule has 1 fully saturated rings. The van der Waals surface area contributed by atoms with Crippen molar-refractivity contribution in [1.82, 2.24) is 15.1 Å². The third kappa shape index (κ3) is 4.31. The summed E-state index contributed by atoms with van der Waals surface area (Å²) >= 11 is 7.66. The minimum absolute atomic E-state index is 0.0390. The van der Waals surface area contributed by atoms with Gasteiger partial charge in [-0.1, -0.05) is 29.8 Å². The van der Waals surface area contributed by atoms with Crippen LogP contribution in [-0.2, 0) is 4.79 Å². The normalized spacial score (nSPS) is 15.8. The van der Waals surface area contributed by atoms with Crippen LogP contribution in [0.3, 0.4) is 0 Å². The van der Waals surface area contributed by atoms with Crippen LogP contribution in [0.25, 0.3) is 16.9 Å². The van der Waals surface area contributed by atoms with Crippen molar-refractivity contribution in [1.29, 1.82) is 0 Å². The summed E-state index contributed by atoms with van der Waals surface area (Å²) in [5, 5.41) is 30.2. The first-order valence-electron chi connectivity index (χ1n) is 9.05. The molecule has 32 heavy (non-hydrogen) atoms. The molecule has 0 spiro atoms. The van der Waals surface area contributed by atoms with Gasteiger partial charge in [0, 0.05) is 29.6 Å². The number of hydrogen-bond donors (Lipinski definition) is 1. The SMILES string of the molecule is O=C1CSC(N=Cc2cn(-c3ccc([N+](=O)[O-])cc3[N+](=O)[O-])nc2-c2ccccc2Cl)N1. The minimum Gasteiger partial charge on any atom is -0.325 e. The number of carbonyl (C=O) groups is 1. The van der Waals surface area contributed by atoms with Crippen LogP contribution in [0.2, 0.25) is 5.02 Å². The molecular formula is C19H13ClN6O5S. The lowest BCUT2D eigenvalue weighted by molar-refractivity contribution is -0.394. The van der Waals surface area contributed by atoms with E-state index in [2.05, 4.69) is 15.4 Å². The maximum absolute atomic E-state index is 11.6. The number of nitro groups is 2. The summed E-state index contributed by atoms with van der Waals surface area (Å²) < 4.78 is 1.25. The number of hydrogen-bond acceptors (Lipinski definition) is 8. The third-order valence-corrected chi connectivity index (χ3v) is 5.80. The average molecular weight is 473 g/mol. The van der Waals surface area contributed by atoms with Gasteiger partial charge in [0.25, 0.3) is 5.69 Å². The van der Waals surface area contributed by atoms with Gasteiger partial charge in [-0.25, -0.2) is 4.68 Å². The van der Waals surface area contributed by atoms with Crippen molar-refractivity contribution in [3.05, 3.63) is 79.5 Å². The van der Waals surface area contributed by atoms with Crippen molar-refractivity contribution in [3.8, 4) is 16.9 Å². The quantitative estimate of drug-likeness (QED) is 0.327. The lowest BCUT2D eigenvalue weighted by Crippen LogP contribution is -2.23. The summed E-state index contributed by atoms with van der Waals surface area (Å²) in [7, 11) is 0. The van der Waals surface area contributed by atoms with Crippen LogP contribution in [0, 0.1) is 20.2 Å². The number of aliphatic imine (C=N–C) groups is 1. The predicted octanol–water partition coefficient (Wildman–Crippen LogP) is 3.57. The second-order valence-corrected chi connectivity index (χ2v) is 8.03. The molecule has 1 aromatic heterocycles. The van der Waals surface area contributed by atoms with Crippen molar-refractivity contribution in [2.75, 3.05) is 5.75 Å². The molecule has 0 aliphatic carbocycles. The summed E-state index contributed by atoms with van der Waals surface area (Å²) in [5.74, 6) is 0.175. The smallest absolute Gasteiger partial charge is 0.301 e. The molecule has 1 unspecified atom stereocenters. The van der Waals surface area contributed by atoms with Crippen molar-refractivity contribution in [3.63, 3.8) is 0 Å². The first-order chi connectivity index (χ1) is 15.3. The fourth-order valence-electron chi connectivity index (χ4n) is 3.04. The van der Waals surface area contributed by atoms with E-state index in [4.69, 9.17) is 11.6 Å². The van der Waals surface area contributed by atoms with Crippen LogP contribution < -0.4 is 5.32 Å². The van der Waals surface area contributed by atoms with Gasteiger partial charge < -0.3 is 5.32 Å². The Labute approximate surface area is 189 Å². The molecule has 1 amide bonds. The summed E-state index contributed by atoms with van der Waals surface area (Å²) in [4.78, 5) is 36.9. The first-order valence-corrected chi connectivity index (χ1v) is 10.5. The predicted molar refractivity (Wildman–Crippen MR) is 119 cm³/mol. The zero-order valence-electron chi connectivity index (χ0n) is 16.0. The molecule has 1 saturated heterocycles. The monoisotopic (exact) mass is 472 g/mol. The Balaban J connectivity index is 1.83. The van der Waals surface area contributed by atoms with Gasteiger partial charge in [-0.3, -0.25) is 30.0 Å². The third-order valence-electron chi connectivity index (χ3n) is 4.49. The summed E-state index contributed by atoms with van der Waals surface area (Å²) in [6.45, 7) is 0. The summed E-state index contributed by atoms with van der Waals surface area (Å²) in [6, 6.07) is 10.2. The van der Waals surface area contributed by atoms with E-state index in [1.165, 1.54) is 34.9 Å². The van der Waals surface area contributed by atoms with Gasteiger partial charge in [-0.15, -0.1) is 11.8 Å². The topological polar surface area (TPSA) is 146 Å².